The number of aliphatic carboxylic acids is 1. The molecular weight excluding hydrogens is 275 g/mol. The average Bonchev–Trinajstić information content (AvgIpc) is 2.94. The fourth-order valence-corrected chi connectivity index (χ4v) is 2.59. The molecule has 1 aliphatic heterocycles. The van der Waals surface area contributed by atoms with Crippen molar-refractivity contribution in [3.05, 3.63) is 35.7 Å². The standard InChI is InChI=1S/C15H17FN2O3/c1-17-15(21)13-6-3-9-18(13)12-5-2-4-11(16)10(12)7-8-14(19)20/h2,4-5,7-8,13H,3,6,9H2,1H3,(H,17,21)(H,19,20)/b8-7+. The fraction of sp³-hybridized carbons (Fsp3) is 0.333. The van der Waals surface area contributed by atoms with Crippen LogP contribution in [0.5, 0.6) is 0 Å². The molecule has 2 rings (SSSR count). The number of carboxylic acid groups (broad SMARTS) is 1. The van der Waals surface area contributed by atoms with E-state index in [2.05, 4.69) is 5.32 Å². The second-order valence-electron chi connectivity index (χ2n) is 4.81. The Morgan fingerprint density at radius 3 is 2.90 bits per heavy atom. The summed E-state index contributed by atoms with van der Waals surface area (Å²) in [6.07, 6.45) is 3.65. The van der Waals surface area contributed by atoms with Gasteiger partial charge in [0, 0.05) is 30.9 Å². The summed E-state index contributed by atoms with van der Waals surface area (Å²) in [5, 5.41) is 11.3. The molecule has 1 heterocycles. The minimum absolute atomic E-state index is 0.120. The van der Waals surface area contributed by atoms with E-state index >= 15 is 0 Å². The van der Waals surface area contributed by atoms with Crippen LogP contribution < -0.4 is 10.2 Å². The second-order valence-corrected chi connectivity index (χ2v) is 4.81. The molecule has 0 spiro atoms. The maximum atomic E-state index is 14.0. The summed E-state index contributed by atoms with van der Waals surface area (Å²) < 4.78 is 14.0. The lowest BCUT2D eigenvalue weighted by Gasteiger charge is -2.27. The molecule has 1 amide bonds. The highest BCUT2D eigenvalue weighted by atomic mass is 19.1. The van der Waals surface area contributed by atoms with Crippen LogP contribution in [0.2, 0.25) is 0 Å². The lowest BCUT2D eigenvalue weighted by molar-refractivity contribution is -0.131. The summed E-state index contributed by atoms with van der Waals surface area (Å²) in [7, 11) is 1.57. The molecule has 112 valence electrons. The van der Waals surface area contributed by atoms with Gasteiger partial charge in [-0.05, 0) is 31.1 Å². The first kappa shape index (κ1) is 15.0. The Bertz CT molecular complexity index is 586. The van der Waals surface area contributed by atoms with Crippen LogP contribution in [0.25, 0.3) is 6.08 Å². The van der Waals surface area contributed by atoms with Crippen LogP contribution in [0.1, 0.15) is 18.4 Å². The first-order valence-corrected chi connectivity index (χ1v) is 6.72. The first-order valence-electron chi connectivity index (χ1n) is 6.72. The Balaban J connectivity index is 2.41. The van der Waals surface area contributed by atoms with E-state index in [0.29, 0.717) is 18.7 Å². The van der Waals surface area contributed by atoms with Crippen molar-refractivity contribution in [1.82, 2.24) is 5.32 Å². The predicted octanol–water partition coefficient (Wildman–Crippen LogP) is 1.64. The SMILES string of the molecule is CNC(=O)C1CCCN1c1cccc(F)c1/C=C/C(=O)O. The van der Waals surface area contributed by atoms with Gasteiger partial charge in [-0.15, -0.1) is 0 Å². The van der Waals surface area contributed by atoms with Crippen molar-refractivity contribution in [3.63, 3.8) is 0 Å². The number of hydrogen-bond donors (Lipinski definition) is 2. The van der Waals surface area contributed by atoms with E-state index in [0.717, 1.165) is 12.5 Å². The van der Waals surface area contributed by atoms with Gasteiger partial charge >= 0.3 is 5.97 Å². The Morgan fingerprint density at radius 2 is 2.24 bits per heavy atom. The van der Waals surface area contributed by atoms with Gasteiger partial charge in [0.15, 0.2) is 0 Å². The lowest BCUT2D eigenvalue weighted by Crippen LogP contribution is -2.42. The number of hydrogen-bond acceptors (Lipinski definition) is 3. The van der Waals surface area contributed by atoms with E-state index < -0.39 is 11.8 Å². The van der Waals surface area contributed by atoms with E-state index in [1.54, 1.807) is 19.2 Å². The molecule has 1 aromatic carbocycles. The molecule has 1 atom stereocenters. The molecule has 0 saturated carbocycles. The van der Waals surface area contributed by atoms with Gasteiger partial charge in [0.05, 0.1) is 0 Å². The van der Waals surface area contributed by atoms with Crippen LogP contribution in [0.3, 0.4) is 0 Å². The Labute approximate surface area is 122 Å². The van der Waals surface area contributed by atoms with Gasteiger partial charge in [-0.1, -0.05) is 6.07 Å². The minimum atomic E-state index is -1.14. The van der Waals surface area contributed by atoms with E-state index in [4.69, 9.17) is 5.11 Å². The number of benzene rings is 1. The lowest BCUT2D eigenvalue weighted by atomic mass is 10.1. The number of carbonyl (C=O) groups is 2. The molecular formula is C15H17FN2O3. The fourth-order valence-electron chi connectivity index (χ4n) is 2.59. The highest BCUT2D eigenvalue weighted by Gasteiger charge is 2.31. The Hall–Kier alpha value is -2.37. The highest BCUT2D eigenvalue weighted by Crippen LogP contribution is 2.31. The summed E-state index contributed by atoms with van der Waals surface area (Å²) in [6.45, 7) is 0.634. The van der Waals surface area contributed by atoms with E-state index in [1.807, 2.05) is 4.90 Å². The molecule has 2 N–H and O–H groups in total. The normalized spacial score (nSPS) is 18.2. The molecule has 1 aliphatic rings. The summed E-state index contributed by atoms with van der Waals surface area (Å²) in [5.41, 5.74) is 0.731. The molecule has 1 unspecified atom stereocenters. The number of rotatable bonds is 4. The van der Waals surface area contributed by atoms with Crippen molar-refractivity contribution in [3.8, 4) is 0 Å². The molecule has 0 radical (unpaired) electrons. The van der Waals surface area contributed by atoms with Gasteiger partial charge in [0.25, 0.3) is 0 Å². The average molecular weight is 292 g/mol. The molecule has 1 saturated heterocycles. The highest BCUT2D eigenvalue weighted by molar-refractivity contribution is 5.89. The van der Waals surface area contributed by atoms with Gasteiger partial charge < -0.3 is 15.3 Å². The summed E-state index contributed by atoms with van der Waals surface area (Å²) in [4.78, 5) is 24.4. The van der Waals surface area contributed by atoms with Crippen molar-refractivity contribution in [2.24, 2.45) is 0 Å². The van der Waals surface area contributed by atoms with Crippen molar-refractivity contribution in [2.75, 3.05) is 18.5 Å². The molecule has 1 fully saturated rings. The molecule has 0 aliphatic carbocycles. The predicted molar refractivity (Wildman–Crippen MR) is 77.5 cm³/mol. The zero-order valence-electron chi connectivity index (χ0n) is 11.7. The second kappa shape index (κ2) is 6.39. The molecule has 6 heteroatoms. The number of nitrogens with one attached hydrogen (secondary N) is 1. The Morgan fingerprint density at radius 1 is 1.48 bits per heavy atom. The summed E-state index contributed by atoms with van der Waals surface area (Å²) >= 11 is 0. The smallest absolute Gasteiger partial charge is 0.328 e. The van der Waals surface area contributed by atoms with Crippen LogP contribution in [0.4, 0.5) is 10.1 Å². The minimum Gasteiger partial charge on any atom is -0.478 e. The van der Waals surface area contributed by atoms with Crippen LogP contribution >= 0.6 is 0 Å². The van der Waals surface area contributed by atoms with Crippen molar-refractivity contribution in [1.29, 1.82) is 0 Å². The van der Waals surface area contributed by atoms with Crippen molar-refractivity contribution in [2.45, 2.75) is 18.9 Å². The summed E-state index contributed by atoms with van der Waals surface area (Å²) in [6, 6.07) is 4.18. The van der Waals surface area contributed by atoms with Gasteiger partial charge in [-0.25, -0.2) is 9.18 Å². The maximum Gasteiger partial charge on any atom is 0.328 e. The third-order valence-electron chi connectivity index (χ3n) is 3.53. The van der Waals surface area contributed by atoms with Gasteiger partial charge in [0.1, 0.15) is 11.9 Å². The number of halogens is 1. The summed E-state index contributed by atoms with van der Waals surface area (Å²) in [5.74, 6) is -1.77. The van der Waals surface area contributed by atoms with E-state index in [-0.39, 0.29) is 17.5 Å². The number of carboxylic acids is 1. The van der Waals surface area contributed by atoms with Crippen LogP contribution in [0.15, 0.2) is 24.3 Å². The van der Waals surface area contributed by atoms with Gasteiger partial charge in [0.2, 0.25) is 5.91 Å². The molecule has 0 aromatic heterocycles. The number of carbonyl (C=O) groups excluding carboxylic acids is 1. The number of likely N-dealkylation sites (N-methyl/N-ethyl adjacent to an activating group) is 1. The number of anilines is 1. The largest absolute Gasteiger partial charge is 0.478 e. The number of nitrogens with zero attached hydrogens (tertiary/aromatic N) is 1. The maximum absolute atomic E-state index is 14.0. The van der Waals surface area contributed by atoms with Crippen LogP contribution in [0, 0.1) is 5.82 Å². The topological polar surface area (TPSA) is 69.6 Å². The zero-order chi connectivity index (χ0) is 15.4. The third-order valence-corrected chi connectivity index (χ3v) is 3.53. The first-order chi connectivity index (χ1) is 10.0. The Kier molecular flexibility index (Phi) is 4.57. The monoisotopic (exact) mass is 292 g/mol. The van der Waals surface area contributed by atoms with Gasteiger partial charge in [-0.3, -0.25) is 4.79 Å². The quantitative estimate of drug-likeness (QED) is 0.828. The molecule has 0 bridgehead atoms. The zero-order valence-corrected chi connectivity index (χ0v) is 11.7. The van der Waals surface area contributed by atoms with Crippen molar-refractivity contribution < 1.29 is 19.1 Å². The van der Waals surface area contributed by atoms with Crippen LogP contribution in [-0.2, 0) is 9.59 Å². The van der Waals surface area contributed by atoms with E-state index in [1.165, 1.54) is 12.1 Å². The van der Waals surface area contributed by atoms with Crippen LogP contribution in [-0.4, -0.2) is 36.6 Å². The third kappa shape index (κ3) is 3.21. The molecule has 21 heavy (non-hydrogen) atoms. The molecule has 5 nitrogen and oxygen atoms in total. The molecule has 1 aromatic rings. The van der Waals surface area contributed by atoms with Crippen molar-refractivity contribution >= 4 is 23.6 Å². The van der Waals surface area contributed by atoms with Gasteiger partial charge in [-0.2, -0.15) is 0 Å². The van der Waals surface area contributed by atoms with E-state index in [9.17, 15) is 14.0 Å². The number of amides is 1.